The molecule has 2 heterocycles. The highest BCUT2D eigenvalue weighted by Crippen LogP contribution is 2.36. The summed E-state index contributed by atoms with van der Waals surface area (Å²) in [4.78, 5) is 7.40. The maximum Gasteiger partial charge on any atom is 0.194 e. The van der Waals surface area contributed by atoms with E-state index in [0.29, 0.717) is 12.6 Å². The molecule has 24 heavy (non-hydrogen) atoms. The first-order valence-electron chi connectivity index (χ1n) is 9.11. The lowest BCUT2D eigenvalue weighted by Gasteiger charge is -2.22. The van der Waals surface area contributed by atoms with E-state index >= 15 is 0 Å². The normalized spacial score (nSPS) is 26.9. The Bertz CT molecular complexity index is 580. The van der Waals surface area contributed by atoms with Crippen LogP contribution in [0.15, 0.2) is 4.99 Å². The fourth-order valence-corrected chi connectivity index (χ4v) is 3.96. The second-order valence-corrected chi connectivity index (χ2v) is 7.49. The maximum atomic E-state index is 4.90. The van der Waals surface area contributed by atoms with Crippen molar-refractivity contribution in [3.05, 3.63) is 11.6 Å². The summed E-state index contributed by atoms with van der Waals surface area (Å²) in [6.45, 7) is 4.95. The van der Waals surface area contributed by atoms with Gasteiger partial charge in [0.1, 0.15) is 12.4 Å². The Hall–Kier alpha value is -0.860. The number of aliphatic imine (C=N–C) groups is 1. The molecule has 3 aliphatic rings. The SMILES string of the molecule is Cc1nnc(CN=C(NC2CC2)N2CC3CCCCC3C2)n1C.I. The Labute approximate surface area is 161 Å². The Morgan fingerprint density at radius 3 is 2.33 bits per heavy atom. The largest absolute Gasteiger partial charge is 0.353 e. The Kier molecular flexibility index (Phi) is 5.66. The minimum Gasteiger partial charge on any atom is -0.353 e. The predicted octanol–water partition coefficient (Wildman–Crippen LogP) is 2.47. The van der Waals surface area contributed by atoms with Crippen molar-refractivity contribution in [2.75, 3.05) is 13.1 Å². The monoisotopic (exact) mass is 444 g/mol. The molecule has 0 amide bonds. The minimum absolute atomic E-state index is 0. The standard InChI is InChI=1S/C17H28N6.HI/c1-12-20-21-16(22(12)2)9-18-17(19-15-7-8-15)23-10-13-5-3-4-6-14(13)11-23;/h13-15H,3-11H2,1-2H3,(H,18,19);1H. The molecule has 2 atom stereocenters. The number of nitrogens with one attached hydrogen (secondary N) is 1. The summed E-state index contributed by atoms with van der Waals surface area (Å²) in [5, 5.41) is 12.0. The van der Waals surface area contributed by atoms with Gasteiger partial charge in [-0.05, 0) is 44.4 Å². The van der Waals surface area contributed by atoms with E-state index in [2.05, 4.69) is 20.4 Å². The molecule has 1 N–H and O–H groups in total. The molecule has 6 nitrogen and oxygen atoms in total. The van der Waals surface area contributed by atoms with Crippen LogP contribution in [0, 0.1) is 18.8 Å². The smallest absolute Gasteiger partial charge is 0.194 e. The number of likely N-dealkylation sites (tertiary alicyclic amines) is 1. The van der Waals surface area contributed by atoms with E-state index in [1.807, 2.05) is 18.5 Å². The van der Waals surface area contributed by atoms with Gasteiger partial charge in [-0.15, -0.1) is 34.2 Å². The average Bonchev–Trinajstić information content (AvgIpc) is 3.18. The van der Waals surface area contributed by atoms with Gasteiger partial charge in [-0.3, -0.25) is 0 Å². The highest BCUT2D eigenvalue weighted by Gasteiger charge is 2.36. The van der Waals surface area contributed by atoms with Gasteiger partial charge in [0, 0.05) is 26.2 Å². The molecule has 134 valence electrons. The zero-order valence-electron chi connectivity index (χ0n) is 14.7. The van der Waals surface area contributed by atoms with E-state index < -0.39 is 0 Å². The van der Waals surface area contributed by atoms with Crippen LogP contribution in [0.25, 0.3) is 0 Å². The van der Waals surface area contributed by atoms with Crippen LogP contribution in [0.4, 0.5) is 0 Å². The highest BCUT2D eigenvalue weighted by atomic mass is 127. The van der Waals surface area contributed by atoms with Gasteiger partial charge in [-0.25, -0.2) is 4.99 Å². The lowest BCUT2D eigenvalue weighted by molar-refractivity contribution is 0.299. The number of hydrogen-bond donors (Lipinski definition) is 1. The van der Waals surface area contributed by atoms with E-state index in [1.54, 1.807) is 0 Å². The number of aryl methyl sites for hydroxylation is 1. The summed E-state index contributed by atoms with van der Waals surface area (Å²) in [5.74, 6) is 4.75. The third kappa shape index (κ3) is 3.86. The molecule has 0 radical (unpaired) electrons. The zero-order valence-corrected chi connectivity index (χ0v) is 17.1. The number of guanidine groups is 1. The summed E-state index contributed by atoms with van der Waals surface area (Å²) in [5.41, 5.74) is 0. The molecule has 1 aromatic rings. The molecule has 1 aliphatic heterocycles. The number of aromatic nitrogens is 3. The number of halogens is 1. The molecule has 3 fully saturated rings. The van der Waals surface area contributed by atoms with Crippen molar-refractivity contribution in [1.29, 1.82) is 0 Å². The van der Waals surface area contributed by atoms with E-state index in [4.69, 9.17) is 4.99 Å². The summed E-state index contributed by atoms with van der Waals surface area (Å²) >= 11 is 0. The lowest BCUT2D eigenvalue weighted by Crippen LogP contribution is -2.41. The van der Waals surface area contributed by atoms with Crippen LogP contribution in [-0.4, -0.2) is 44.8 Å². The maximum absolute atomic E-state index is 4.90. The van der Waals surface area contributed by atoms with E-state index in [0.717, 1.165) is 29.4 Å². The van der Waals surface area contributed by atoms with E-state index in [9.17, 15) is 0 Å². The fourth-order valence-electron chi connectivity index (χ4n) is 3.96. The molecule has 4 rings (SSSR count). The lowest BCUT2D eigenvalue weighted by atomic mass is 9.82. The van der Waals surface area contributed by atoms with Crippen molar-refractivity contribution >= 4 is 29.9 Å². The number of nitrogens with zero attached hydrogens (tertiary/aromatic N) is 5. The van der Waals surface area contributed by atoms with Gasteiger partial charge in [0.05, 0.1) is 0 Å². The summed E-state index contributed by atoms with van der Waals surface area (Å²) < 4.78 is 2.03. The topological polar surface area (TPSA) is 58.3 Å². The van der Waals surface area contributed by atoms with Crippen LogP contribution in [0.2, 0.25) is 0 Å². The first kappa shape index (κ1) is 17.9. The van der Waals surface area contributed by atoms with Gasteiger partial charge in [0.15, 0.2) is 11.8 Å². The Morgan fingerprint density at radius 2 is 1.79 bits per heavy atom. The van der Waals surface area contributed by atoms with Crippen molar-refractivity contribution in [1.82, 2.24) is 25.0 Å². The summed E-state index contributed by atoms with van der Waals surface area (Å²) in [7, 11) is 2.01. The fraction of sp³-hybridized carbons (Fsp3) is 0.824. The molecular weight excluding hydrogens is 415 g/mol. The minimum atomic E-state index is 0. The molecule has 2 unspecified atom stereocenters. The number of rotatable bonds is 3. The molecule has 0 aromatic carbocycles. The number of hydrogen-bond acceptors (Lipinski definition) is 3. The van der Waals surface area contributed by atoms with Crippen LogP contribution < -0.4 is 5.32 Å². The van der Waals surface area contributed by atoms with Crippen molar-refractivity contribution in [2.24, 2.45) is 23.9 Å². The van der Waals surface area contributed by atoms with Gasteiger partial charge in [-0.2, -0.15) is 0 Å². The Morgan fingerprint density at radius 1 is 1.12 bits per heavy atom. The van der Waals surface area contributed by atoms with Gasteiger partial charge < -0.3 is 14.8 Å². The number of fused-ring (bicyclic) bond motifs is 1. The van der Waals surface area contributed by atoms with Crippen LogP contribution in [0.1, 0.15) is 50.2 Å². The first-order chi connectivity index (χ1) is 11.2. The van der Waals surface area contributed by atoms with Crippen LogP contribution in [-0.2, 0) is 13.6 Å². The third-order valence-electron chi connectivity index (χ3n) is 5.74. The van der Waals surface area contributed by atoms with E-state index in [-0.39, 0.29) is 24.0 Å². The quantitative estimate of drug-likeness (QED) is 0.442. The first-order valence-corrected chi connectivity index (χ1v) is 9.11. The third-order valence-corrected chi connectivity index (χ3v) is 5.74. The summed E-state index contributed by atoms with van der Waals surface area (Å²) in [6, 6.07) is 0.637. The van der Waals surface area contributed by atoms with Gasteiger partial charge >= 0.3 is 0 Å². The molecule has 2 saturated carbocycles. The van der Waals surface area contributed by atoms with Crippen molar-refractivity contribution in [2.45, 2.75) is 58.0 Å². The van der Waals surface area contributed by atoms with Crippen molar-refractivity contribution in [3.63, 3.8) is 0 Å². The molecule has 1 aromatic heterocycles. The van der Waals surface area contributed by atoms with Gasteiger partial charge in [0.2, 0.25) is 0 Å². The molecule has 0 bridgehead atoms. The molecule has 2 aliphatic carbocycles. The molecular formula is C17H29IN6. The van der Waals surface area contributed by atoms with Crippen LogP contribution in [0.5, 0.6) is 0 Å². The van der Waals surface area contributed by atoms with Gasteiger partial charge in [-0.1, -0.05) is 12.8 Å². The second-order valence-electron chi connectivity index (χ2n) is 7.49. The van der Waals surface area contributed by atoms with Crippen LogP contribution >= 0.6 is 24.0 Å². The summed E-state index contributed by atoms with van der Waals surface area (Å²) in [6.07, 6.45) is 8.19. The van der Waals surface area contributed by atoms with Crippen molar-refractivity contribution in [3.8, 4) is 0 Å². The predicted molar refractivity (Wildman–Crippen MR) is 105 cm³/mol. The van der Waals surface area contributed by atoms with Crippen molar-refractivity contribution < 1.29 is 0 Å². The Balaban J connectivity index is 0.00000169. The zero-order chi connectivity index (χ0) is 15.8. The van der Waals surface area contributed by atoms with Gasteiger partial charge in [0.25, 0.3) is 0 Å². The molecule has 7 heteroatoms. The molecule has 0 spiro atoms. The van der Waals surface area contributed by atoms with E-state index in [1.165, 1.54) is 51.6 Å². The molecule has 1 saturated heterocycles. The van der Waals surface area contributed by atoms with Crippen LogP contribution in [0.3, 0.4) is 0 Å². The highest BCUT2D eigenvalue weighted by molar-refractivity contribution is 14.0. The second kappa shape index (κ2) is 7.58. The average molecular weight is 444 g/mol.